The van der Waals surface area contributed by atoms with E-state index in [1.807, 2.05) is 25.1 Å². The number of aryl methyl sites for hydroxylation is 1. The van der Waals surface area contributed by atoms with Gasteiger partial charge >= 0.3 is 0 Å². The lowest BCUT2D eigenvalue weighted by molar-refractivity contribution is -0.133. The molecule has 178 valence electrons. The first-order chi connectivity index (χ1) is 15.7. The number of Topliss-reactive ketones (excluding diaryl/α,β-unsaturated/α-hetero) is 1. The third-order valence-corrected chi connectivity index (χ3v) is 10.5. The van der Waals surface area contributed by atoms with Gasteiger partial charge in [0.2, 0.25) is 0 Å². The van der Waals surface area contributed by atoms with Crippen molar-refractivity contribution >= 4 is 16.8 Å². The quantitative estimate of drug-likeness (QED) is 0.688. The Hall–Kier alpha value is -1.75. The third kappa shape index (κ3) is 3.57. The Kier molecular flexibility index (Phi) is 5.03. The number of hydrogen-bond donors (Lipinski definition) is 1. The third-order valence-electron chi connectivity index (χ3n) is 10.5. The summed E-state index contributed by atoms with van der Waals surface area (Å²) in [5, 5.41) is 19.8. The van der Waals surface area contributed by atoms with Gasteiger partial charge in [-0.15, -0.1) is 0 Å². The van der Waals surface area contributed by atoms with Crippen LogP contribution in [0.5, 0.6) is 0 Å². The number of rotatable bonds is 3. The first-order valence-corrected chi connectivity index (χ1v) is 13.3. The summed E-state index contributed by atoms with van der Waals surface area (Å²) in [6.45, 7) is 6.83. The summed E-state index contributed by atoms with van der Waals surface area (Å²) in [5.74, 6) is 4.25. The summed E-state index contributed by atoms with van der Waals surface area (Å²) in [7, 11) is 0. The molecule has 1 N–H and O–H groups in total. The second-order valence-corrected chi connectivity index (χ2v) is 12.5. The fourth-order valence-electron chi connectivity index (χ4n) is 9.00. The molecular formula is C28H39N3O2. The van der Waals surface area contributed by atoms with Crippen molar-refractivity contribution in [2.45, 2.75) is 90.7 Å². The van der Waals surface area contributed by atoms with Gasteiger partial charge in [0.1, 0.15) is 17.6 Å². The van der Waals surface area contributed by atoms with Crippen LogP contribution in [-0.4, -0.2) is 31.5 Å². The van der Waals surface area contributed by atoms with Crippen LogP contribution in [-0.2, 0) is 11.3 Å². The Morgan fingerprint density at radius 1 is 1.00 bits per heavy atom. The summed E-state index contributed by atoms with van der Waals surface area (Å²) in [6.07, 6.45) is 10.4. The molecule has 8 atom stereocenters. The Labute approximate surface area is 197 Å². The van der Waals surface area contributed by atoms with Gasteiger partial charge in [0.15, 0.2) is 5.78 Å². The molecule has 6 rings (SSSR count). The molecule has 0 radical (unpaired) electrons. The van der Waals surface area contributed by atoms with Crippen molar-refractivity contribution in [2.24, 2.45) is 40.9 Å². The van der Waals surface area contributed by atoms with E-state index in [4.69, 9.17) is 0 Å². The number of nitrogens with zero attached hydrogens (tertiary/aromatic N) is 3. The number of benzene rings is 1. The minimum absolute atomic E-state index is 0.133. The molecule has 1 aromatic carbocycles. The number of fused-ring (bicyclic) bond motifs is 6. The minimum Gasteiger partial charge on any atom is -0.390 e. The number of carbonyl (C=O) groups is 1. The van der Waals surface area contributed by atoms with Crippen LogP contribution in [0, 0.1) is 47.8 Å². The smallest absolute Gasteiger partial charge is 0.159 e. The van der Waals surface area contributed by atoms with E-state index in [2.05, 4.69) is 24.0 Å². The van der Waals surface area contributed by atoms with E-state index in [1.54, 1.807) is 4.80 Å². The fourth-order valence-corrected chi connectivity index (χ4v) is 9.00. The Morgan fingerprint density at radius 2 is 1.79 bits per heavy atom. The zero-order valence-electron chi connectivity index (χ0n) is 20.5. The van der Waals surface area contributed by atoms with Gasteiger partial charge < -0.3 is 5.11 Å². The lowest BCUT2D eigenvalue weighted by Gasteiger charge is -2.56. The van der Waals surface area contributed by atoms with Crippen molar-refractivity contribution in [1.82, 2.24) is 15.0 Å². The maximum absolute atomic E-state index is 13.5. The van der Waals surface area contributed by atoms with Crippen molar-refractivity contribution < 1.29 is 9.90 Å². The maximum Gasteiger partial charge on any atom is 0.159 e. The monoisotopic (exact) mass is 449 g/mol. The highest BCUT2D eigenvalue weighted by Crippen LogP contribution is 2.64. The molecule has 4 aliphatic carbocycles. The fraction of sp³-hybridized carbons (Fsp3) is 0.750. The number of aromatic nitrogens is 3. The van der Waals surface area contributed by atoms with Gasteiger partial charge in [0.05, 0.1) is 5.60 Å². The van der Waals surface area contributed by atoms with E-state index < -0.39 is 5.60 Å². The van der Waals surface area contributed by atoms with E-state index in [0.717, 1.165) is 48.0 Å². The average molecular weight is 450 g/mol. The molecular weight excluding hydrogens is 410 g/mol. The van der Waals surface area contributed by atoms with Gasteiger partial charge in [0, 0.05) is 5.92 Å². The molecule has 4 saturated carbocycles. The van der Waals surface area contributed by atoms with Crippen LogP contribution in [0.2, 0.25) is 0 Å². The molecule has 0 saturated heterocycles. The van der Waals surface area contributed by atoms with Gasteiger partial charge in [-0.1, -0.05) is 13.0 Å². The molecule has 0 bridgehead atoms. The standard InChI is InChI=1S/C28H39N3O2/c1-17-4-9-24-25(14-17)30-31(29-24)16-26(32)23-8-7-22-21-6-5-18-15-27(2,33)12-10-19(18)20(21)11-13-28(22,23)3/h4,9,14,18-23,33H,5-8,10-13,15-16H2,1-3H3. The SMILES string of the molecule is Cc1ccc2nn(CC(=O)C3CCC4C5CCC6CC(C)(O)CCC6C5CCC34C)nc2c1. The molecule has 33 heavy (non-hydrogen) atoms. The van der Waals surface area contributed by atoms with Crippen LogP contribution >= 0.6 is 0 Å². The van der Waals surface area contributed by atoms with Gasteiger partial charge in [-0.25, -0.2) is 0 Å². The Bertz CT molecular complexity index is 1070. The molecule has 5 heteroatoms. The van der Waals surface area contributed by atoms with Crippen molar-refractivity contribution in [1.29, 1.82) is 0 Å². The number of aliphatic hydroxyl groups is 1. The second kappa shape index (κ2) is 7.63. The van der Waals surface area contributed by atoms with Crippen LogP contribution in [0.4, 0.5) is 0 Å². The van der Waals surface area contributed by atoms with Gasteiger partial charge in [-0.2, -0.15) is 15.0 Å². The van der Waals surface area contributed by atoms with Crippen molar-refractivity contribution in [2.75, 3.05) is 0 Å². The summed E-state index contributed by atoms with van der Waals surface area (Å²) >= 11 is 0. The summed E-state index contributed by atoms with van der Waals surface area (Å²) in [4.78, 5) is 15.2. The summed E-state index contributed by atoms with van der Waals surface area (Å²) in [6, 6.07) is 6.08. The van der Waals surface area contributed by atoms with E-state index in [1.165, 1.54) is 44.1 Å². The van der Waals surface area contributed by atoms with Gasteiger partial charge in [0.25, 0.3) is 0 Å². The van der Waals surface area contributed by atoms with E-state index in [9.17, 15) is 9.90 Å². The van der Waals surface area contributed by atoms with Crippen molar-refractivity contribution in [3.8, 4) is 0 Å². The first-order valence-electron chi connectivity index (χ1n) is 13.3. The second-order valence-electron chi connectivity index (χ2n) is 12.5. The zero-order valence-corrected chi connectivity index (χ0v) is 20.5. The number of ketones is 1. The molecule has 4 aliphatic rings. The maximum atomic E-state index is 13.5. The molecule has 0 spiro atoms. The van der Waals surface area contributed by atoms with Crippen LogP contribution < -0.4 is 0 Å². The average Bonchev–Trinajstić information content (AvgIpc) is 3.32. The normalized spacial score (nSPS) is 42.5. The van der Waals surface area contributed by atoms with E-state index in [0.29, 0.717) is 24.2 Å². The molecule has 0 aliphatic heterocycles. The summed E-state index contributed by atoms with van der Waals surface area (Å²) in [5.41, 5.74) is 2.59. The first kappa shape index (κ1) is 21.8. The van der Waals surface area contributed by atoms with Crippen molar-refractivity contribution in [3.05, 3.63) is 23.8 Å². The van der Waals surface area contributed by atoms with Crippen LogP contribution in [0.3, 0.4) is 0 Å². The molecule has 1 heterocycles. The Morgan fingerprint density at radius 3 is 2.64 bits per heavy atom. The lowest BCUT2D eigenvalue weighted by atomic mass is 9.49. The largest absolute Gasteiger partial charge is 0.390 e. The molecule has 4 fully saturated rings. The Balaban J connectivity index is 1.18. The van der Waals surface area contributed by atoms with Gasteiger partial charge in [-0.05, 0) is 124 Å². The molecule has 1 aromatic heterocycles. The minimum atomic E-state index is -0.452. The number of carbonyl (C=O) groups excluding carboxylic acids is 1. The molecule has 8 unspecified atom stereocenters. The highest BCUT2D eigenvalue weighted by atomic mass is 16.3. The van der Waals surface area contributed by atoms with Gasteiger partial charge in [-0.3, -0.25) is 4.79 Å². The van der Waals surface area contributed by atoms with Crippen LogP contribution in [0.1, 0.15) is 77.2 Å². The van der Waals surface area contributed by atoms with E-state index in [-0.39, 0.29) is 11.3 Å². The lowest BCUT2D eigenvalue weighted by Crippen LogP contribution is -2.51. The molecule has 2 aromatic rings. The van der Waals surface area contributed by atoms with E-state index >= 15 is 0 Å². The zero-order chi connectivity index (χ0) is 23.0. The predicted octanol–water partition coefficient (Wildman–Crippen LogP) is 5.33. The highest BCUT2D eigenvalue weighted by Gasteiger charge is 2.58. The predicted molar refractivity (Wildman–Crippen MR) is 128 cm³/mol. The molecule has 0 amide bonds. The number of hydrogen-bond acceptors (Lipinski definition) is 4. The van der Waals surface area contributed by atoms with Crippen molar-refractivity contribution in [3.63, 3.8) is 0 Å². The summed E-state index contributed by atoms with van der Waals surface area (Å²) < 4.78 is 0. The van der Waals surface area contributed by atoms with Crippen LogP contribution in [0.15, 0.2) is 18.2 Å². The van der Waals surface area contributed by atoms with Crippen LogP contribution in [0.25, 0.3) is 11.0 Å². The highest BCUT2D eigenvalue weighted by molar-refractivity contribution is 5.82. The molecule has 5 nitrogen and oxygen atoms in total. The topological polar surface area (TPSA) is 68.0 Å².